The second-order valence-corrected chi connectivity index (χ2v) is 5.97. The first-order valence-electron chi connectivity index (χ1n) is 5.97. The molecule has 0 saturated carbocycles. The number of benzene rings is 1. The average molecular weight is 302 g/mol. The Kier molecular flexibility index (Phi) is 4.55. The molecule has 5 heteroatoms. The number of thiophene rings is 1. The molecule has 102 valence electrons. The standard InChI is InChI=1S/C14H14ClF2NS/c1-3-18-14(10-6-7-11(15)19-10)12-9(16)5-4-8(2)13(12)17/h4-7,14,18H,3H2,1-2H3. The molecule has 1 atom stereocenters. The van der Waals surface area contributed by atoms with Crippen molar-refractivity contribution in [2.75, 3.05) is 6.54 Å². The van der Waals surface area contributed by atoms with Crippen LogP contribution in [0.4, 0.5) is 8.78 Å². The summed E-state index contributed by atoms with van der Waals surface area (Å²) in [5.41, 5.74) is 0.488. The van der Waals surface area contributed by atoms with E-state index in [4.69, 9.17) is 11.6 Å². The van der Waals surface area contributed by atoms with E-state index in [1.807, 2.05) is 6.92 Å². The average Bonchev–Trinajstić information content (AvgIpc) is 2.80. The number of nitrogens with one attached hydrogen (secondary N) is 1. The maximum atomic E-state index is 14.2. The number of halogens is 3. The molecule has 0 spiro atoms. The van der Waals surface area contributed by atoms with Gasteiger partial charge in [0, 0.05) is 10.4 Å². The Hall–Kier alpha value is -0.970. The third-order valence-electron chi connectivity index (χ3n) is 2.90. The minimum atomic E-state index is -0.543. The van der Waals surface area contributed by atoms with Crippen LogP contribution in [0.25, 0.3) is 0 Å². The van der Waals surface area contributed by atoms with Crippen LogP contribution in [0.2, 0.25) is 4.34 Å². The second kappa shape index (κ2) is 5.99. The summed E-state index contributed by atoms with van der Waals surface area (Å²) in [6.45, 7) is 4.13. The molecule has 2 aromatic rings. The molecule has 1 N–H and O–H groups in total. The van der Waals surface area contributed by atoms with E-state index in [0.29, 0.717) is 16.4 Å². The van der Waals surface area contributed by atoms with Gasteiger partial charge in [-0.3, -0.25) is 0 Å². The van der Waals surface area contributed by atoms with Crippen LogP contribution < -0.4 is 5.32 Å². The highest BCUT2D eigenvalue weighted by Crippen LogP contribution is 2.34. The largest absolute Gasteiger partial charge is 0.306 e. The molecule has 19 heavy (non-hydrogen) atoms. The number of aryl methyl sites for hydroxylation is 1. The molecule has 1 nitrogen and oxygen atoms in total. The zero-order valence-corrected chi connectivity index (χ0v) is 12.2. The molecular formula is C14H14ClF2NS. The smallest absolute Gasteiger partial charge is 0.134 e. The summed E-state index contributed by atoms with van der Waals surface area (Å²) >= 11 is 7.23. The van der Waals surface area contributed by atoms with Crippen molar-refractivity contribution in [1.29, 1.82) is 0 Å². The fourth-order valence-corrected chi connectivity index (χ4v) is 3.12. The summed E-state index contributed by atoms with van der Waals surface area (Å²) in [5, 5.41) is 3.11. The SMILES string of the molecule is CCNC(c1ccc(Cl)s1)c1c(F)ccc(C)c1F. The lowest BCUT2D eigenvalue weighted by molar-refractivity contribution is 0.509. The van der Waals surface area contributed by atoms with E-state index in [1.165, 1.54) is 23.5 Å². The molecule has 0 aliphatic rings. The quantitative estimate of drug-likeness (QED) is 0.864. The van der Waals surface area contributed by atoms with Gasteiger partial charge in [0.1, 0.15) is 11.6 Å². The van der Waals surface area contributed by atoms with Crippen molar-refractivity contribution in [1.82, 2.24) is 5.32 Å². The first kappa shape index (κ1) is 14.4. The topological polar surface area (TPSA) is 12.0 Å². The van der Waals surface area contributed by atoms with Crippen LogP contribution in [0.3, 0.4) is 0 Å². The van der Waals surface area contributed by atoms with Gasteiger partial charge >= 0.3 is 0 Å². The van der Waals surface area contributed by atoms with E-state index in [9.17, 15) is 8.78 Å². The van der Waals surface area contributed by atoms with Crippen molar-refractivity contribution in [3.05, 3.63) is 56.2 Å². The van der Waals surface area contributed by atoms with E-state index in [0.717, 1.165) is 4.88 Å². The molecule has 2 rings (SSSR count). The Labute approximate surface area is 120 Å². The predicted octanol–water partition coefficient (Wildman–Crippen LogP) is 4.69. The molecule has 1 aromatic carbocycles. The molecule has 0 radical (unpaired) electrons. The fraction of sp³-hybridized carbons (Fsp3) is 0.286. The summed E-state index contributed by atoms with van der Waals surface area (Å²) in [6.07, 6.45) is 0. The Morgan fingerprint density at radius 3 is 2.58 bits per heavy atom. The molecule has 0 amide bonds. The van der Waals surface area contributed by atoms with Crippen LogP contribution in [0.5, 0.6) is 0 Å². The zero-order chi connectivity index (χ0) is 14.0. The lowest BCUT2D eigenvalue weighted by atomic mass is 10.0. The minimum Gasteiger partial charge on any atom is -0.306 e. The third-order valence-corrected chi connectivity index (χ3v) is 4.19. The van der Waals surface area contributed by atoms with Gasteiger partial charge in [-0.25, -0.2) is 8.78 Å². The van der Waals surface area contributed by atoms with Crippen LogP contribution in [0, 0.1) is 18.6 Å². The molecule has 1 heterocycles. The highest BCUT2D eigenvalue weighted by atomic mass is 35.5. The van der Waals surface area contributed by atoms with Crippen molar-refractivity contribution in [2.24, 2.45) is 0 Å². The van der Waals surface area contributed by atoms with E-state index < -0.39 is 17.7 Å². The Morgan fingerprint density at radius 2 is 2.00 bits per heavy atom. The maximum absolute atomic E-state index is 14.2. The molecular weight excluding hydrogens is 288 g/mol. The summed E-state index contributed by atoms with van der Waals surface area (Å²) in [5.74, 6) is -1.05. The first-order chi connectivity index (χ1) is 9.04. The molecule has 0 bridgehead atoms. The van der Waals surface area contributed by atoms with Crippen LogP contribution in [0.1, 0.15) is 29.0 Å². The highest BCUT2D eigenvalue weighted by Gasteiger charge is 2.23. The zero-order valence-electron chi connectivity index (χ0n) is 10.6. The maximum Gasteiger partial charge on any atom is 0.134 e. The van der Waals surface area contributed by atoms with Crippen LogP contribution >= 0.6 is 22.9 Å². The monoisotopic (exact) mass is 301 g/mol. The van der Waals surface area contributed by atoms with Gasteiger partial charge in [0.25, 0.3) is 0 Å². The molecule has 1 unspecified atom stereocenters. The molecule has 1 aromatic heterocycles. The van der Waals surface area contributed by atoms with Gasteiger partial charge < -0.3 is 5.32 Å². The van der Waals surface area contributed by atoms with Gasteiger partial charge in [0.2, 0.25) is 0 Å². The Morgan fingerprint density at radius 1 is 1.26 bits per heavy atom. The highest BCUT2D eigenvalue weighted by molar-refractivity contribution is 7.16. The molecule has 0 fully saturated rings. The lowest BCUT2D eigenvalue weighted by Gasteiger charge is -2.19. The van der Waals surface area contributed by atoms with Crippen molar-refractivity contribution in [3.63, 3.8) is 0 Å². The summed E-state index contributed by atoms with van der Waals surface area (Å²) in [4.78, 5) is 0.801. The van der Waals surface area contributed by atoms with E-state index in [2.05, 4.69) is 5.32 Å². The van der Waals surface area contributed by atoms with Gasteiger partial charge in [0.15, 0.2) is 0 Å². The van der Waals surface area contributed by atoms with Gasteiger partial charge in [-0.15, -0.1) is 11.3 Å². The van der Waals surface area contributed by atoms with E-state index in [-0.39, 0.29) is 5.56 Å². The van der Waals surface area contributed by atoms with Gasteiger partial charge in [-0.05, 0) is 37.2 Å². The second-order valence-electron chi connectivity index (χ2n) is 4.22. The Balaban J connectivity index is 2.53. The van der Waals surface area contributed by atoms with Crippen molar-refractivity contribution in [2.45, 2.75) is 19.9 Å². The normalized spacial score (nSPS) is 12.7. The van der Waals surface area contributed by atoms with Gasteiger partial charge in [-0.2, -0.15) is 0 Å². The summed E-state index contributed by atoms with van der Waals surface area (Å²) < 4.78 is 28.8. The van der Waals surface area contributed by atoms with Crippen LogP contribution in [0.15, 0.2) is 24.3 Å². The number of hydrogen-bond acceptors (Lipinski definition) is 2. The number of rotatable bonds is 4. The van der Waals surface area contributed by atoms with Crippen LogP contribution in [-0.2, 0) is 0 Å². The van der Waals surface area contributed by atoms with Crippen molar-refractivity contribution in [3.8, 4) is 0 Å². The molecule has 0 aliphatic carbocycles. The minimum absolute atomic E-state index is 0.0559. The van der Waals surface area contributed by atoms with Crippen LogP contribution in [-0.4, -0.2) is 6.54 Å². The Bertz CT molecular complexity index is 583. The first-order valence-corrected chi connectivity index (χ1v) is 7.17. The molecule has 0 aliphatic heterocycles. The predicted molar refractivity (Wildman–Crippen MR) is 75.9 cm³/mol. The number of hydrogen-bond donors (Lipinski definition) is 1. The van der Waals surface area contributed by atoms with E-state index in [1.54, 1.807) is 19.1 Å². The fourth-order valence-electron chi connectivity index (χ4n) is 1.98. The summed E-state index contributed by atoms with van der Waals surface area (Å²) in [6, 6.07) is 5.76. The van der Waals surface area contributed by atoms with Crippen molar-refractivity contribution < 1.29 is 8.78 Å². The summed E-state index contributed by atoms with van der Waals surface area (Å²) in [7, 11) is 0. The van der Waals surface area contributed by atoms with Gasteiger partial charge in [0.05, 0.1) is 10.4 Å². The van der Waals surface area contributed by atoms with Crippen molar-refractivity contribution >= 4 is 22.9 Å². The van der Waals surface area contributed by atoms with Gasteiger partial charge in [-0.1, -0.05) is 24.6 Å². The third kappa shape index (κ3) is 2.96. The lowest BCUT2D eigenvalue weighted by Crippen LogP contribution is -2.23. The molecule has 0 saturated heterocycles. The van der Waals surface area contributed by atoms with E-state index >= 15 is 0 Å².